The van der Waals surface area contributed by atoms with E-state index in [0.29, 0.717) is 19.7 Å². The van der Waals surface area contributed by atoms with Crippen LogP contribution in [0.2, 0.25) is 0 Å². The average Bonchev–Trinajstić information content (AvgIpc) is 3.12. The van der Waals surface area contributed by atoms with Gasteiger partial charge in [-0.25, -0.2) is 0 Å². The van der Waals surface area contributed by atoms with Crippen molar-refractivity contribution in [2.75, 3.05) is 39.8 Å². The molecule has 0 bridgehead atoms. The van der Waals surface area contributed by atoms with Gasteiger partial charge in [0, 0.05) is 26.2 Å². The Morgan fingerprint density at radius 3 is 1.47 bits per heavy atom. The fraction of sp³-hybridized carbons (Fsp3) is 0.359. The number of ether oxygens (including phenoxy) is 4. The van der Waals surface area contributed by atoms with Crippen LogP contribution in [0, 0.1) is 0 Å². The molecule has 4 aromatic rings. The van der Waals surface area contributed by atoms with Crippen molar-refractivity contribution in [2.45, 2.75) is 50.8 Å². The normalized spacial score (nSPS) is 16.3. The van der Waals surface area contributed by atoms with Crippen LogP contribution in [0.5, 0.6) is 0 Å². The largest absolute Gasteiger partial charge is 0.388 e. The lowest BCUT2D eigenvalue weighted by Gasteiger charge is -2.39. The number of nitrogens with zero attached hydrogens (tertiary/aromatic N) is 2. The summed E-state index contributed by atoms with van der Waals surface area (Å²) in [5.41, 5.74) is 3.79. The first-order valence-corrected chi connectivity index (χ1v) is 16.3. The predicted molar refractivity (Wildman–Crippen MR) is 181 cm³/mol. The minimum Gasteiger partial charge on any atom is -0.388 e. The number of rotatable bonds is 17. The smallest absolute Gasteiger partial charge is 0.254 e. The molecule has 1 saturated heterocycles. The minimum atomic E-state index is -1.12. The van der Waals surface area contributed by atoms with Crippen molar-refractivity contribution in [3.8, 4) is 0 Å². The Morgan fingerprint density at radius 2 is 1.00 bits per heavy atom. The summed E-state index contributed by atoms with van der Waals surface area (Å²) < 4.78 is 25.7. The molecule has 5 rings (SSSR count). The Balaban J connectivity index is 1.45. The summed E-state index contributed by atoms with van der Waals surface area (Å²) in [6.45, 7) is 3.58. The highest BCUT2D eigenvalue weighted by Gasteiger charge is 2.43. The molecule has 1 amide bonds. The van der Waals surface area contributed by atoms with E-state index in [1.54, 1.807) is 0 Å². The molecule has 8 heteroatoms. The zero-order chi connectivity index (χ0) is 32.7. The molecule has 0 aliphatic carbocycles. The Kier molecular flexibility index (Phi) is 13.5. The van der Waals surface area contributed by atoms with E-state index in [4.69, 9.17) is 18.9 Å². The van der Waals surface area contributed by atoms with Crippen LogP contribution in [0.4, 0.5) is 0 Å². The third-order valence-corrected chi connectivity index (χ3v) is 8.30. The van der Waals surface area contributed by atoms with E-state index in [2.05, 4.69) is 11.9 Å². The molecule has 4 atom stereocenters. The van der Waals surface area contributed by atoms with Gasteiger partial charge in [-0.3, -0.25) is 4.79 Å². The number of aliphatic hydroxyl groups excluding tert-OH is 1. The molecule has 1 fully saturated rings. The van der Waals surface area contributed by atoms with Crippen molar-refractivity contribution in [3.63, 3.8) is 0 Å². The third kappa shape index (κ3) is 10.8. The summed E-state index contributed by atoms with van der Waals surface area (Å²) in [4.78, 5) is 18.4. The minimum absolute atomic E-state index is 0.0202. The van der Waals surface area contributed by atoms with E-state index in [-0.39, 0.29) is 32.3 Å². The first kappa shape index (κ1) is 34.4. The van der Waals surface area contributed by atoms with Crippen LogP contribution < -0.4 is 0 Å². The molecule has 4 aromatic carbocycles. The van der Waals surface area contributed by atoms with Gasteiger partial charge in [0.15, 0.2) is 6.10 Å². The number of benzene rings is 4. The second-order valence-corrected chi connectivity index (χ2v) is 11.9. The van der Waals surface area contributed by atoms with Crippen LogP contribution in [0.25, 0.3) is 0 Å². The van der Waals surface area contributed by atoms with Crippen LogP contribution in [-0.4, -0.2) is 85.1 Å². The Labute approximate surface area is 278 Å². The lowest BCUT2D eigenvalue weighted by atomic mass is 10.00. The molecule has 1 aliphatic rings. The maximum Gasteiger partial charge on any atom is 0.254 e. The van der Waals surface area contributed by atoms with E-state index >= 15 is 0 Å². The van der Waals surface area contributed by atoms with Gasteiger partial charge in [-0.1, -0.05) is 121 Å². The lowest BCUT2D eigenvalue weighted by molar-refractivity contribution is -0.196. The topological polar surface area (TPSA) is 80.7 Å². The highest BCUT2D eigenvalue weighted by Crippen LogP contribution is 2.24. The molecule has 0 saturated carbocycles. The molecule has 47 heavy (non-hydrogen) atoms. The molecular weight excluding hydrogens is 592 g/mol. The van der Waals surface area contributed by atoms with Gasteiger partial charge < -0.3 is 33.9 Å². The van der Waals surface area contributed by atoms with Crippen LogP contribution in [0.15, 0.2) is 121 Å². The van der Waals surface area contributed by atoms with Gasteiger partial charge >= 0.3 is 0 Å². The zero-order valence-corrected chi connectivity index (χ0v) is 27.1. The highest BCUT2D eigenvalue weighted by molar-refractivity contribution is 5.82. The summed E-state index contributed by atoms with van der Waals surface area (Å²) in [5, 5.41) is 11.8. The predicted octanol–water partition coefficient (Wildman–Crippen LogP) is 5.09. The quantitative estimate of drug-likeness (QED) is 0.173. The van der Waals surface area contributed by atoms with Crippen molar-refractivity contribution in [1.29, 1.82) is 0 Å². The van der Waals surface area contributed by atoms with Crippen LogP contribution in [0.1, 0.15) is 22.3 Å². The van der Waals surface area contributed by atoms with Crippen LogP contribution >= 0.6 is 0 Å². The van der Waals surface area contributed by atoms with E-state index in [1.807, 2.05) is 126 Å². The van der Waals surface area contributed by atoms with E-state index < -0.39 is 24.4 Å². The first-order valence-electron chi connectivity index (χ1n) is 16.3. The van der Waals surface area contributed by atoms with E-state index in [1.165, 1.54) is 0 Å². The van der Waals surface area contributed by atoms with Crippen molar-refractivity contribution >= 4 is 5.91 Å². The molecule has 1 heterocycles. The molecule has 248 valence electrons. The molecule has 1 aliphatic heterocycles. The second kappa shape index (κ2) is 18.4. The van der Waals surface area contributed by atoms with E-state index in [0.717, 1.165) is 35.3 Å². The van der Waals surface area contributed by atoms with Gasteiger partial charge in [-0.2, -0.15) is 0 Å². The highest BCUT2D eigenvalue weighted by atomic mass is 16.6. The fourth-order valence-electron chi connectivity index (χ4n) is 5.55. The summed E-state index contributed by atoms with van der Waals surface area (Å²) in [6.07, 6.45) is -4.07. The molecular formula is C39H46N2O6. The van der Waals surface area contributed by atoms with Crippen molar-refractivity contribution in [1.82, 2.24) is 9.80 Å². The van der Waals surface area contributed by atoms with Crippen LogP contribution in [-0.2, 0) is 50.2 Å². The van der Waals surface area contributed by atoms with Crippen LogP contribution in [0.3, 0.4) is 0 Å². The number of likely N-dealkylation sites (N-methyl/N-ethyl adjacent to an activating group) is 1. The summed E-state index contributed by atoms with van der Waals surface area (Å²) in [7, 11) is 2.05. The first-order chi connectivity index (χ1) is 23.1. The molecule has 8 nitrogen and oxygen atoms in total. The van der Waals surface area contributed by atoms with Gasteiger partial charge in [0.1, 0.15) is 18.3 Å². The SMILES string of the molecule is CN1CCN(C(=O)C(OCc2ccccc2)C(OCc2ccccc2)C(OCc2ccccc2)C(O)COCc2ccccc2)CC1. The van der Waals surface area contributed by atoms with Crippen molar-refractivity contribution in [2.24, 2.45) is 0 Å². The Morgan fingerprint density at radius 1 is 0.596 bits per heavy atom. The average molecular weight is 639 g/mol. The number of piperazine rings is 1. The Hall–Kier alpha value is -3.89. The number of hydrogen-bond donors (Lipinski definition) is 1. The van der Waals surface area contributed by atoms with Gasteiger partial charge in [0.2, 0.25) is 0 Å². The number of carbonyl (C=O) groups excluding carboxylic acids is 1. The fourth-order valence-corrected chi connectivity index (χ4v) is 5.55. The van der Waals surface area contributed by atoms with Gasteiger partial charge in [0.25, 0.3) is 5.91 Å². The second-order valence-electron chi connectivity index (χ2n) is 11.9. The van der Waals surface area contributed by atoms with Gasteiger partial charge in [-0.15, -0.1) is 0 Å². The summed E-state index contributed by atoms with van der Waals surface area (Å²) >= 11 is 0. The van der Waals surface area contributed by atoms with Gasteiger partial charge in [-0.05, 0) is 29.3 Å². The number of aliphatic hydroxyl groups is 1. The maximum atomic E-state index is 14.4. The Bertz CT molecular complexity index is 1440. The molecule has 0 spiro atoms. The number of carbonyl (C=O) groups is 1. The standard InChI is InChI=1S/C39H46N2O6/c1-40-22-24-41(25-23-40)39(43)38(47-29-34-20-12-5-13-21-34)37(46-28-33-18-10-4-11-19-33)36(45-27-32-16-8-3-9-17-32)35(42)30-44-26-31-14-6-2-7-15-31/h2-21,35-38,42H,22-30H2,1H3. The van der Waals surface area contributed by atoms with Gasteiger partial charge in [0.05, 0.1) is 33.0 Å². The third-order valence-electron chi connectivity index (χ3n) is 8.30. The number of amides is 1. The molecule has 1 N–H and O–H groups in total. The summed E-state index contributed by atoms with van der Waals surface area (Å²) in [6, 6.07) is 39.1. The lowest BCUT2D eigenvalue weighted by Crippen LogP contribution is -2.58. The summed E-state index contributed by atoms with van der Waals surface area (Å²) in [5.74, 6) is -0.183. The molecule has 4 unspecified atom stereocenters. The van der Waals surface area contributed by atoms with E-state index in [9.17, 15) is 9.90 Å². The monoisotopic (exact) mass is 638 g/mol. The molecule has 0 radical (unpaired) electrons. The maximum absolute atomic E-state index is 14.4. The number of hydrogen-bond acceptors (Lipinski definition) is 7. The zero-order valence-electron chi connectivity index (χ0n) is 27.1. The van der Waals surface area contributed by atoms with Crippen molar-refractivity contribution in [3.05, 3.63) is 144 Å². The van der Waals surface area contributed by atoms with Crippen molar-refractivity contribution < 1.29 is 28.8 Å². The molecule has 0 aromatic heterocycles.